The van der Waals surface area contributed by atoms with Crippen LogP contribution in [-0.2, 0) is 11.2 Å². The molecule has 0 unspecified atom stereocenters. The largest absolute Gasteiger partial charge is 0.355 e. The molecule has 104 valence electrons. The van der Waals surface area contributed by atoms with Crippen molar-refractivity contribution in [3.63, 3.8) is 0 Å². The number of amides is 1. The third-order valence-corrected chi connectivity index (χ3v) is 2.88. The van der Waals surface area contributed by atoms with Gasteiger partial charge in [-0.25, -0.2) is 4.98 Å². The van der Waals surface area contributed by atoms with E-state index in [1.807, 2.05) is 0 Å². The second kappa shape index (κ2) is 9.19. The highest BCUT2D eigenvalue weighted by atomic mass is 35.5. The first-order valence-electron chi connectivity index (χ1n) is 5.83. The molecule has 0 spiro atoms. The standard InChI is InChI=1S/C11H18N4O.2ClH/c16-11(9-2-1-4-12-8-9)15-5-3-10-13-6-7-14-10;;/h6-7,9,12H,1-5,8H2,(H,13,14)(H,15,16);2*1H/t9-;;/m1../s1. The third-order valence-electron chi connectivity index (χ3n) is 2.88. The van der Waals surface area contributed by atoms with Gasteiger partial charge >= 0.3 is 0 Å². The van der Waals surface area contributed by atoms with E-state index < -0.39 is 0 Å². The van der Waals surface area contributed by atoms with Crippen LogP contribution in [0.5, 0.6) is 0 Å². The average molecular weight is 295 g/mol. The van der Waals surface area contributed by atoms with E-state index in [1.165, 1.54) is 0 Å². The van der Waals surface area contributed by atoms with Gasteiger partial charge < -0.3 is 15.6 Å². The molecule has 0 aromatic carbocycles. The Morgan fingerprint density at radius 1 is 1.50 bits per heavy atom. The first kappa shape index (κ1) is 17.2. The number of carbonyl (C=O) groups is 1. The van der Waals surface area contributed by atoms with E-state index in [2.05, 4.69) is 20.6 Å². The lowest BCUT2D eigenvalue weighted by Gasteiger charge is -2.21. The molecule has 3 N–H and O–H groups in total. The molecular formula is C11H20Cl2N4O. The normalized spacial score (nSPS) is 18.3. The maximum Gasteiger partial charge on any atom is 0.224 e. The highest BCUT2D eigenvalue weighted by Crippen LogP contribution is 2.09. The molecule has 1 saturated heterocycles. The molecule has 1 aliphatic rings. The summed E-state index contributed by atoms with van der Waals surface area (Å²) in [5.74, 6) is 1.23. The van der Waals surface area contributed by atoms with Crippen LogP contribution in [0.3, 0.4) is 0 Å². The Bertz CT molecular complexity index is 326. The summed E-state index contributed by atoms with van der Waals surface area (Å²) in [4.78, 5) is 18.9. The van der Waals surface area contributed by atoms with Crippen molar-refractivity contribution in [1.29, 1.82) is 0 Å². The lowest BCUT2D eigenvalue weighted by Crippen LogP contribution is -2.41. The minimum absolute atomic E-state index is 0. The molecule has 0 bridgehead atoms. The number of carbonyl (C=O) groups excluding carboxylic acids is 1. The number of H-pyrrole nitrogens is 1. The topological polar surface area (TPSA) is 69.8 Å². The number of nitrogens with zero attached hydrogens (tertiary/aromatic N) is 1. The third kappa shape index (κ3) is 5.25. The van der Waals surface area contributed by atoms with Crippen LogP contribution in [0, 0.1) is 5.92 Å². The summed E-state index contributed by atoms with van der Waals surface area (Å²) in [6, 6.07) is 0. The highest BCUT2D eigenvalue weighted by molar-refractivity contribution is 5.85. The number of piperidine rings is 1. The number of nitrogens with one attached hydrogen (secondary N) is 3. The number of aromatic amines is 1. The molecule has 1 amide bonds. The molecule has 7 heteroatoms. The van der Waals surface area contributed by atoms with Gasteiger partial charge in [0.2, 0.25) is 5.91 Å². The fourth-order valence-electron chi connectivity index (χ4n) is 1.96. The van der Waals surface area contributed by atoms with Gasteiger partial charge in [0.1, 0.15) is 5.82 Å². The van der Waals surface area contributed by atoms with Crippen LogP contribution in [0.1, 0.15) is 18.7 Å². The molecule has 1 aromatic rings. The van der Waals surface area contributed by atoms with Crippen molar-refractivity contribution in [2.45, 2.75) is 19.3 Å². The maximum absolute atomic E-state index is 11.7. The van der Waals surface area contributed by atoms with Crippen molar-refractivity contribution in [2.75, 3.05) is 19.6 Å². The van der Waals surface area contributed by atoms with Crippen LogP contribution in [0.2, 0.25) is 0 Å². The number of rotatable bonds is 4. The number of aromatic nitrogens is 2. The lowest BCUT2D eigenvalue weighted by molar-refractivity contribution is -0.125. The van der Waals surface area contributed by atoms with Gasteiger partial charge in [0.25, 0.3) is 0 Å². The van der Waals surface area contributed by atoms with Crippen LogP contribution in [-0.4, -0.2) is 35.5 Å². The summed E-state index contributed by atoms with van der Waals surface area (Å²) in [5.41, 5.74) is 0. The predicted octanol–water partition coefficient (Wildman–Crippen LogP) is 0.912. The molecule has 1 atom stereocenters. The summed E-state index contributed by atoms with van der Waals surface area (Å²) in [6.07, 6.45) is 6.37. The molecule has 0 radical (unpaired) electrons. The molecule has 5 nitrogen and oxygen atoms in total. The number of hydrogen-bond donors (Lipinski definition) is 3. The predicted molar refractivity (Wildman–Crippen MR) is 75.4 cm³/mol. The quantitative estimate of drug-likeness (QED) is 0.773. The van der Waals surface area contributed by atoms with E-state index in [9.17, 15) is 4.79 Å². The molecule has 1 aliphatic heterocycles. The summed E-state index contributed by atoms with van der Waals surface area (Å²) in [5, 5.41) is 6.19. The van der Waals surface area contributed by atoms with Gasteiger partial charge in [-0.1, -0.05) is 0 Å². The Labute approximate surface area is 119 Å². The Hall–Kier alpha value is -0.780. The zero-order chi connectivity index (χ0) is 11.2. The summed E-state index contributed by atoms with van der Waals surface area (Å²) in [7, 11) is 0. The first-order valence-corrected chi connectivity index (χ1v) is 5.83. The van der Waals surface area contributed by atoms with Gasteiger partial charge in [-0.3, -0.25) is 4.79 Å². The second-order valence-electron chi connectivity index (χ2n) is 4.12. The molecule has 0 aliphatic carbocycles. The molecular weight excluding hydrogens is 275 g/mol. The van der Waals surface area contributed by atoms with Gasteiger partial charge in [-0.2, -0.15) is 0 Å². The van der Waals surface area contributed by atoms with Crippen molar-refractivity contribution >= 4 is 30.7 Å². The number of hydrogen-bond acceptors (Lipinski definition) is 3. The monoisotopic (exact) mass is 294 g/mol. The van der Waals surface area contributed by atoms with Gasteiger partial charge in [0.05, 0.1) is 5.92 Å². The SMILES string of the molecule is Cl.Cl.O=C(NCCc1ncc[nH]1)[C@@H]1CCCNC1. The van der Waals surface area contributed by atoms with Crippen LogP contribution in [0.15, 0.2) is 12.4 Å². The van der Waals surface area contributed by atoms with Crippen LogP contribution in [0.4, 0.5) is 0 Å². The summed E-state index contributed by atoms with van der Waals surface area (Å²) < 4.78 is 0. The van der Waals surface area contributed by atoms with Gasteiger partial charge in [-0.15, -0.1) is 24.8 Å². The maximum atomic E-state index is 11.7. The lowest BCUT2D eigenvalue weighted by atomic mass is 9.99. The van der Waals surface area contributed by atoms with E-state index in [4.69, 9.17) is 0 Å². The molecule has 1 aromatic heterocycles. The highest BCUT2D eigenvalue weighted by Gasteiger charge is 2.20. The van der Waals surface area contributed by atoms with E-state index in [1.54, 1.807) is 12.4 Å². The van der Waals surface area contributed by atoms with Crippen LogP contribution < -0.4 is 10.6 Å². The summed E-state index contributed by atoms with van der Waals surface area (Å²) in [6.45, 7) is 2.51. The molecule has 0 saturated carbocycles. The van der Waals surface area contributed by atoms with E-state index in [0.717, 1.165) is 38.2 Å². The van der Waals surface area contributed by atoms with Crippen molar-refractivity contribution in [1.82, 2.24) is 20.6 Å². The summed E-state index contributed by atoms with van der Waals surface area (Å²) >= 11 is 0. The molecule has 2 rings (SSSR count). The average Bonchev–Trinajstić information content (AvgIpc) is 2.83. The zero-order valence-electron chi connectivity index (χ0n) is 10.1. The van der Waals surface area contributed by atoms with Gasteiger partial charge in [0, 0.05) is 31.9 Å². The van der Waals surface area contributed by atoms with Crippen molar-refractivity contribution in [2.24, 2.45) is 5.92 Å². The van der Waals surface area contributed by atoms with E-state index >= 15 is 0 Å². The molecule has 2 heterocycles. The molecule has 18 heavy (non-hydrogen) atoms. The fraction of sp³-hybridized carbons (Fsp3) is 0.636. The fourth-order valence-corrected chi connectivity index (χ4v) is 1.96. The smallest absolute Gasteiger partial charge is 0.224 e. The minimum Gasteiger partial charge on any atom is -0.355 e. The van der Waals surface area contributed by atoms with E-state index in [-0.39, 0.29) is 36.6 Å². The Morgan fingerprint density at radius 2 is 2.33 bits per heavy atom. The van der Waals surface area contributed by atoms with Crippen molar-refractivity contribution < 1.29 is 4.79 Å². The Morgan fingerprint density at radius 3 is 2.94 bits per heavy atom. The Kier molecular flexibility index (Phi) is 8.79. The first-order chi connectivity index (χ1) is 7.86. The second-order valence-corrected chi connectivity index (χ2v) is 4.12. The zero-order valence-corrected chi connectivity index (χ0v) is 11.8. The van der Waals surface area contributed by atoms with Crippen LogP contribution >= 0.6 is 24.8 Å². The van der Waals surface area contributed by atoms with E-state index in [0.29, 0.717) is 6.54 Å². The van der Waals surface area contributed by atoms with Gasteiger partial charge in [0.15, 0.2) is 0 Å². The molecule has 1 fully saturated rings. The van der Waals surface area contributed by atoms with Crippen molar-refractivity contribution in [3.8, 4) is 0 Å². The van der Waals surface area contributed by atoms with Crippen molar-refractivity contribution in [3.05, 3.63) is 18.2 Å². The van der Waals surface area contributed by atoms with Crippen LogP contribution in [0.25, 0.3) is 0 Å². The number of imidazole rings is 1. The minimum atomic E-state index is 0. The Balaban J connectivity index is 0.00000144. The van der Waals surface area contributed by atoms with Gasteiger partial charge in [-0.05, 0) is 19.4 Å². The number of halogens is 2.